The van der Waals surface area contributed by atoms with E-state index in [1.807, 2.05) is 24.3 Å². The minimum atomic E-state index is 0.553. The van der Waals surface area contributed by atoms with Gasteiger partial charge in [0.25, 0.3) is 0 Å². The maximum atomic E-state index is 5.37. The maximum Gasteiger partial charge on any atom is 0.238 e. The second-order valence-electron chi connectivity index (χ2n) is 17.2. The first-order valence-electron chi connectivity index (χ1n) is 23.0. The Kier molecular flexibility index (Phi) is 9.43. The van der Waals surface area contributed by atoms with Crippen LogP contribution < -0.4 is 0 Å². The molecule has 0 atom stereocenters. The lowest BCUT2D eigenvalue weighted by Crippen LogP contribution is -2.06. The van der Waals surface area contributed by atoms with E-state index in [2.05, 4.69) is 234 Å². The van der Waals surface area contributed by atoms with Crippen molar-refractivity contribution < 1.29 is 0 Å². The highest BCUT2D eigenvalue weighted by Gasteiger charge is 2.24. The summed E-state index contributed by atoms with van der Waals surface area (Å²) in [6.45, 7) is 0. The highest BCUT2D eigenvalue weighted by atomic mass is 15.2. The van der Waals surface area contributed by atoms with Crippen molar-refractivity contribution in [2.45, 2.75) is 0 Å². The molecule has 13 aromatic rings. The number of benzene rings is 10. The number of nitrogens with zero attached hydrogens (tertiary/aromatic N) is 5. The molecule has 10 aromatic carbocycles. The van der Waals surface area contributed by atoms with Crippen LogP contribution >= 0.6 is 0 Å². The van der Waals surface area contributed by atoms with Gasteiger partial charge in [-0.15, -0.1) is 0 Å². The molecule has 318 valence electrons. The summed E-state index contributed by atoms with van der Waals surface area (Å²) >= 11 is 0. The fraction of sp³-hybridized carbons (Fsp3) is 0. The van der Waals surface area contributed by atoms with Crippen molar-refractivity contribution in [3.05, 3.63) is 249 Å². The van der Waals surface area contributed by atoms with Gasteiger partial charge >= 0.3 is 0 Å². The zero-order chi connectivity index (χ0) is 45.0. The van der Waals surface area contributed by atoms with Gasteiger partial charge in [0.1, 0.15) is 0 Å². The first kappa shape index (κ1) is 39.2. The molecular formula is C63H41N5. The second kappa shape index (κ2) is 16.4. The van der Waals surface area contributed by atoms with Crippen LogP contribution in [0.4, 0.5) is 0 Å². The molecule has 0 fully saturated rings. The van der Waals surface area contributed by atoms with Crippen LogP contribution in [0.3, 0.4) is 0 Å². The molecule has 3 aromatic heterocycles. The zero-order valence-corrected chi connectivity index (χ0v) is 36.9. The van der Waals surface area contributed by atoms with E-state index < -0.39 is 0 Å². The lowest BCUT2D eigenvalue weighted by molar-refractivity contribution is 0.953. The first-order chi connectivity index (χ1) is 33.7. The number of rotatable bonds is 8. The lowest BCUT2D eigenvalue weighted by Gasteiger charge is -2.17. The molecule has 0 N–H and O–H groups in total. The van der Waals surface area contributed by atoms with Crippen LogP contribution in [0.15, 0.2) is 249 Å². The molecule has 0 aliphatic rings. The Hall–Kier alpha value is -9.19. The molecule has 0 radical (unpaired) electrons. The Bertz CT molecular complexity index is 3990. The SMILES string of the molecule is c1ccc(-c2ccc(-c3ccc(-c4ccccc4)cc3-n3c4ccccc4c4ccc5c(c6ccccc6n5-c5nc(-c6ccccc6)nc(-c6cccc(-c7ccccc7)c6)n5)c43)cc2)cc1. The maximum absolute atomic E-state index is 5.37. The summed E-state index contributed by atoms with van der Waals surface area (Å²) in [6, 6.07) is 88.3. The van der Waals surface area contributed by atoms with E-state index in [0.717, 1.165) is 83.0 Å². The van der Waals surface area contributed by atoms with Crippen molar-refractivity contribution in [3.63, 3.8) is 0 Å². The lowest BCUT2D eigenvalue weighted by atomic mass is 9.96. The van der Waals surface area contributed by atoms with E-state index in [9.17, 15) is 0 Å². The Morgan fingerprint density at radius 1 is 0.265 bits per heavy atom. The van der Waals surface area contributed by atoms with Crippen LogP contribution in [-0.4, -0.2) is 24.1 Å². The Morgan fingerprint density at radius 3 is 1.40 bits per heavy atom. The van der Waals surface area contributed by atoms with E-state index in [1.165, 1.54) is 21.9 Å². The number of hydrogen-bond acceptors (Lipinski definition) is 3. The van der Waals surface area contributed by atoms with Gasteiger partial charge in [-0.3, -0.25) is 4.57 Å². The van der Waals surface area contributed by atoms with Gasteiger partial charge < -0.3 is 4.57 Å². The molecule has 0 saturated carbocycles. The highest BCUT2D eigenvalue weighted by molar-refractivity contribution is 6.26. The molecule has 0 aliphatic carbocycles. The quantitative estimate of drug-likeness (QED) is 0.153. The normalized spacial score (nSPS) is 11.5. The first-order valence-corrected chi connectivity index (χ1v) is 23.0. The summed E-state index contributed by atoms with van der Waals surface area (Å²) in [4.78, 5) is 15.9. The van der Waals surface area contributed by atoms with Crippen molar-refractivity contribution in [2.75, 3.05) is 0 Å². The topological polar surface area (TPSA) is 48.5 Å². The van der Waals surface area contributed by atoms with Crippen molar-refractivity contribution >= 4 is 43.6 Å². The Balaban J connectivity index is 1.09. The van der Waals surface area contributed by atoms with Crippen LogP contribution in [0.25, 0.3) is 123 Å². The third-order valence-corrected chi connectivity index (χ3v) is 13.2. The van der Waals surface area contributed by atoms with Crippen LogP contribution in [0, 0.1) is 0 Å². The van der Waals surface area contributed by atoms with Crippen molar-refractivity contribution in [1.29, 1.82) is 0 Å². The monoisotopic (exact) mass is 867 g/mol. The minimum Gasteiger partial charge on any atom is -0.308 e. The van der Waals surface area contributed by atoms with Crippen molar-refractivity contribution in [3.8, 4) is 78.9 Å². The van der Waals surface area contributed by atoms with E-state index >= 15 is 0 Å². The van der Waals surface area contributed by atoms with E-state index in [4.69, 9.17) is 15.0 Å². The summed E-state index contributed by atoms with van der Waals surface area (Å²) in [7, 11) is 0. The zero-order valence-electron chi connectivity index (χ0n) is 36.9. The molecule has 0 unspecified atom stereocenters. The van der Waals surface area contributed by atoms with Gasteiger partial charge in [-0.1, -0.05) is 218 Å². The molecule has 0 amide bonds. The van der Waals surface area contributed by atoms with Gasteiger partial charge in [-0.05, 0) is 69.3 Å². The molecule has 13 rings (SSSR count). The van der Waals surface area contributed by atoms with E-state index in [-0.39, 0.29) is 0 Å². The molecule has 5 heteroatoms. The van der Waals surface area contributed by atoms with Gasteiger partial charge in [-0.2, -0.15) is 9.97 Å². The van der Waals surface area contributed by atoms with Crippen molar-refractivity contribution in [2.24, 2.45) is 0 Å². The third kappa shape index (κ3) is 6.68. The number of fused-ring (bicyclic) bond motifs is 7. The predicted molar refractivity (Wildman–Crippen MR) is 281 cm³/mol. The van der Waals surface area contributed by atoms with Crippen molar-refractivity contribution in [1.82, 2.24) is 24.1 Å². The number of aromatic nitrogens is 5. The predicted octanol–water partition coefficient (Wildman–Crippen LogP) is 16.1. The largest absolute Gasteiger partial charge is 0.308 e. The molecular weight excluding hydrogens is 827 g/mol. The Labute approximate surface area is 393 Å². The molecule has 3 heterocycles. The third-order valence-electron chi connectivity index (χ3n) is 13.2. The molecule has 0 bridgehead atoms. The number of para-hydroxylation sites is 2. The molecule has 5 nitrogen and oxygen atoms in total. The average Bonchev–Trinajstić information content (AvgIpc) is 3.95. The summed E-state index contributed by atoms with van der Waals surface area (Å²) < 4.78 is 4.73. The molecule has 68 heavy (non-hydrogen) atoms. The summed E-state index contributed by atoms with van der Waals surface area (Å²) in [6.07, 6.45) is 0. The highest BCUT2D eigenvalue weighted by Crippen LogP contribution is 2.44. The fourth-order valence-corrected chi connectivity index (χ4v) is 10.00. The summed E-state index contributed by atoms with van der Waals surface area (Å²) in [5.41, 5.74) is 16.4. The van der Waals surface area contributed by atoms with Gasteiger partial charge in [-0.25, -0.2) is 4.98 Å². The molecule has 0 saturated heterocycles. The van der Waals surface area contributed by atoms with Gasteiger partial charge in [0, 0.05) is 38.2 Å². The summed E-state index contributed by atoms with van der Waals surface area (Å²) in [5.74, 6) is 1.77. The smallest absolute Gasteiger partial charge is 0.238 e. The second-order valence-corrected chi connectivity index (χ2v) is 17.2. The average molecular weight is 868 g/mol. The van der Waals surface area contributed by atoms with Gasteiger partial charge in [0.05, 0.1) is 27.8 Å². The fourth-order valence-electron chi connectivity index (χ4n) is 10.00. The Morgan fingerprint density at radius 2 is 0.735 bits per heavy atom. The van der Waals surface area contributed by atoms with Gasteiger partial charge in [0.15, 0.2) is 11.6 Å². The van der Waals surface area contributed by atoms with Crippen LogP contribution in [0.2, 0.25) is 0 Å². The number of hydrogen-bond donors (Lipinski definition) is 0. The summed E-state index contributed by atoms with van der Waals surface area (Å²) in [5, 5.41) is 4.59. The van der Waals surface area contributed by atoms with Crippen LogP contribution in [-0.2, 0) is 0 Å². The van der Waals surface area contributed by atoms with E-state index in [1.54, 1.807) is 0 Å². The molecule has 0 spiro atoms. The van der Waals surface area contributed by atoms with Crippen LogP contribution in [0.5, 0.6) is 0 Å². The molecule has 0 aliphatic heterocycles. The standard InChI is InChI=1S/C63H41N5/c1-5-18-42(19-6-1)45-32-34-46(35-33-45)51-37-36-49(44-22-9-3-10-23-44)41-58(51)67-55-30-15-13-28-52(55)53-38-39-57-59(60(53)67)54-29-14-16-31-56(54)68(57)63-65-61(47-24-11-4-12-25-47)64-62(66-63)50-27-17-26-48(40-50)43-20-7-2-8-21-43/h1-41H. The minimum absolute atomic E-state index is 0.553. The van der Waals surface area contributed by atoms with Gasteiger partial charge in [0.2, 0.25) is 5.95 Å². The van der Waals surface area contributed by atoms with E-state index in [0.29, 0.717) is 17.6 Å². The van der Waals surface area contributed by atoms with Crippen LogP contribution in [0.1, 0.15) is 0 Å².